The van der Waals surface area contributed by atoms with Crippen molar-refractivity contribution in [3.63, 3.8) is 0 Å². The SMILES string of the molecule is CCCN(CC1CCCCN1)C(CC)C1CC1. The van der Waals surface area contributed by atoms with E-state index in [0.29, 0.717) is 0 Å². The van der Waals surface area contributed by atoms with Crippen LogP contribution in [0.4, 0.5) is 0 Å². The van der Waals surface area contributed by atoms with Gasteiger partial charge < -0.3 is 5.32 Å². The Labute approximate surface area is 107 Å². The molecule has 0 spiro atoms. The van der Waals surface area contributed by atoms with Crippen LogP contribution in [0.3, 0.4) is 0 Å². The molecule has 17 heavy (non-hydrogen) atoms. The van der Waals surface area contributed by atoms with Gasteiger partial charge >= 0.3 is 0 Å². The molecular weight excluding hydrogens is 208 g/mol. The Morgan fingerprint density at radius 2 is 2.00 bits per heavy atom. The van der Waals surface area contributed by atoms with Gasteiger partial charge in [0.25, 0.3) is 0 Å². The maximum atomic E-state index is 3.70. The fraction of sp³-hybridized carbons (Fsp3) is 1.00. The molecule has 2 atom stereocenters. The van der Waals surface area contributed by atoms with E-state index in [1.807, 2.05) is 0 Å². The van der Waals surface area contributed by atoms with Crippen LogP contribution in [0.2, 0.25) is 0 Å². The minimum atomic E-state index is 0.767. The fourth-order valence-electron chi connectivity index (χ4n) is 3.41. The maximum Gasteiger partial charge on any atom is 0.0195 e. The van der Waals surface area contributed by atoms with Crippen LogP contribution in [0.15, 0.2) is 0 Å². The van der Waals surface area contributed by atoms with Crippen LogP contribution in [0, 0.1) is 5.92 Å². The van der Waals surface area contributed by atoms with Crippen molar-refractivity contribution in [2.24, 2.45) is 5.92 Å². The highest BCUT2D eigenvalue weighted by molar-refractivity contribution is 4.89. The van der Waals surface area contributed by atoms with E-state index < -0.39 is 0 Å². The molecule has 2 heteroatoms. The van der Waals surface area contributed by atoms with E-state index in [0.717, 1.165) is 18.0 Å². The lowest BCUT2D eigenvalue weighted by Gasteiger charge is -2.36. The minimum absolute atomic E-state index is 0.767. The van der Waals surface area contributed by atoms with Crippen LogP contribution in [-0.4, -0.2) is 36.6 Å². The van der Waals surface area contributed by atoms with E-state index in [-0.39, 0.29) is 0 Å². The van der Waals surface area contributed by atoms with Crippen molar-refractivity contribution in [2.75, 3.05) is 19.6 Å². The number of nitrogens with zero attached hydrogens (tertiary/aromatic N) is 1. The molecular formula is C15H30N2. The van der Waals surface area contributed by atoms with Crippen LogP contribution in [0.5, 0.6) is 0 Å². The van der Waals surface area contributed by atoms with Gasteiger partial charge in [-0.05, 0) is 57.5 Å². The second kappa shape index (κ2) is 6.75. The van der Waals surface area contributed by atoms with E-state index in [1.165, 1.54) is 64.6 Å². The fourth-order valence-corrected chi connectivity index (χ4v) is 3.41. The highest BCUT2D eigenvalue weighted by Gasteiger charge is 2.34. The van der Waals surface area contributed by atoms with Crippen LogP contribution in [0.25, 0.3) is 0 Å². The lowest BCUT2D eigenvalue weighted by Crippen LogP contribution is -2.48. The van der Waals surface area contributed by atoms with E-state index in [1.54, 1.807) is 0 Å². The molecule has 2 fully saturated rings. The van der Waals surface area contributed by atoms with Gasteiger partial charge in [-0.25, -0.2) is 0 Å². The Morgan fingerprint density at radius 3 is 2.53 bits per heavy atom. The Morgan fingerprint density at radius 1 is 1.18 bits per heavy atom. The third-order valence-electron chi connectivity index (χ3n) is 4.43. The van der Waals surface area contributed by atoms with E-state index in [4.69, 9.17) is 0 Å². The molecule has 0 aromatic carbocycles. The molecule has 1 heterocycles. The van der Waals surface area contributed by atoms with Crippen molar-refractivity contribution >= 4 is 0 Å². The van der Waals surface area contributed by atoms with E-state index in [9.17, 15) is 0 Å². The largest absolute Gasteiger partial charge is 0.313 e. The van der Waals surface area contributed by atoms with Crippen molar-refractivity contribution < 1.29 is 0 Å². The van der Waals surface area contributed by atoms with Crippen molar-refractivity contribution in [1.82, 2.24) is 10.2 Å². The number of hydrogen-bond acceptors (Lipinski definition) is 2. The number of rotatable bonds is 7. The molecule has 2 rings (SSSR count). The normalized spacial score (nSPS) is 27.4. The first-order chi connectivity index (χ1) is 8.35. The van der Waals surface area contributed by atoms with Gasteiger partial charge in [-0.3, -0.25) is 4.90 Å². The molecule has 0 aromatic heterocycles. The quantitative estimate of drug-likeness (QED) is 0.733. The molecule has 1 saturated heterocycles. The summed E-state index contributed by atoms with van der Waals surface area (Å²) in [5, 5.41) is 3.70. The summed E-state index contributed by atoms with van der Waals surface area (Å²) in [5.41, 5.74) is 0. The number of nitrogens with one attached hydrogen (secondary N) is 1. The van der Waals surface area contributed by atoms with Crippen LogP contribution < -0.4 is 5.32 Å². The summed E-state index contributed by atoms with van der Waals surface area (Å²) < 4.78 is 0. The minimum Gasteiger partial charge on any atom is -0.313 e. The molecule has 2 nitrogen and oxygen atoms in total. The first kappa shape index (κ1) is 13.4. The average molecular weight is 238 g/mol. The summed E-state index contributed by atoms with van der Waals surface area (Å²) in [7, 11) is 0. The first-order valence-corrected chi connectivity index (χ1v) is 7.82. The average Bonchev–Trinajstić information content (AvgIpc) is 3.16. The number of hydrogen-bond donors (Lipinski definition) is 1. The second-order valence-electron chi connectivity index (χ2n) is 5.95. The molecule has 1 saturated carbocycles. The number of piperidine rings is 1. The van der Waals surface area contributed by atoms with Gasteiger partial charge in [0.05, 0.1) is 0 Å². The Kier molecular flexibility index (Phi) is 5.30. The molecule has 2 aliphatic rings. The summed E-state index contributed by atoms with van der Waals surface area (Å²) >= 11 is 0. The zero-order chi connectivity index (χ0) is 12.1. The van der Waals surface area contributed by atoms with Gasteiger partial charge in [-0.2, -0.15) is 0 Å². The van der Waals surface area contributed by atoms with Crippen LogP contribution >= 0.6 is 0 Å². The van der Waals surface area contributed by atoms with Gasteiger partial charge in [-0.1, -0.05) is 20.3 Å². The predicted octanol–water partition coefficient (Wildman–Crippen LogP) is 3.03. The van der Waals surface area contributed by atoms with Crippen LogP contribution in [-0.2, 0) is 0 Å². The first-order valence-electron chi connectivity index (χ1n) is 7.82. The maximum absolute atomic E-state index is 3.70. The Bertz CT molecular complexity index is 207. The Balaban J connectivity index is 1.85. The highest BCUT2D eigenvalue weighted by Crippen LogP contribution is 2.37. The molecule has 0 aromatic rings. The molecule has 0 radical (unpaired) electrons. The Hall–Kier alpha value is -0.0800. The van der Waals surface area contributed by atoms with E-state index in [2.05, 4.69) is 24.1 Å². The van der Waals surface area contributed by atoms with Crippen molar-refractivity contribution in [3.8, 4) is 0 Å². The molecule has 1 N–H and O–H groups in total. The van der Waals surface area contributed by atoms with Crippen molar-refractivity contribution in [2.45, 2.75) is 70.9 Å². The van der Waals surface area contributed by atoms with Gasteiger partial charge in [0, 0.05) is 18.6 Å². The lowest BCUT2D eigenvalue weighted by atomic mass is 10.0. The lowest BCUT2D eigenvalue weighted by molar-refractivity contribution is 0.145. The standard InChI is InChI=1S/C15H30N2/c1-3-11-17(15(4-2)13-8-9-13)12-14-7-5-6-10-16-14/h13-16H,3-12H2,1-2H3. The monoisotopic (exact) mass is 238 g/mol. The molecule has 0 bridgehead atoms. The summed E-state index contributed by atoms with van der Waals surface area (Å²) in [6, 6.07) is 1.64. The summed E-state index contributed by atoms with van der Waals surface area (Å²) in [5.74, 6) is 1.02. The summed E-state index contributed by atoms with van der Waals surface area (Å²) in [6.07, 6.45) is 9.81. The third-order valence-corrected chi connectivity index (χ3v) is 4.43. The van der Waals surface area contributed by atoms with Gasteiger partial charge in [0.2, 0.25) is 0 Å². The molecule has 1 aliphatic heterocycles. The van der Waals surface area contributed by atoms with E-state index >= 15 is 0 Å². The van der Waals surface area contributed by atoms with Crippen LogP contribution in [0.1, 0.15) is 58.8 Å². The van der Waals surface area contributed by atoms with Gasteiger partial charge in [0.1, 0.15) is 0 Å². The molecule has 0 amide bonds. The highest BCUT2D eigenvalue weighted by atomic mass is 15.2. The summed E-state index contributed by atoms with van der Waals surface area (Å²) in [4.78, 5) is 2.79. The molecule has 100 valence electrons. The van der Waals surface area contributed by atoms with Gasteiger partial charge in [-0.15, -0.1) is 0 Å². The zero-order valence-corrected chi connectivity index (χ0v) is 11.8. The molecule has 2 unspecified atom stereocenters. The van der Waals surface area contributed by atoms with Crippen molar-refractivity contribution in [3.05, 3.63) is 0 Å². The zero-order valence-electron chi connectivity index (χ0n) is 11.8. The third kappa shape index (κ3) is 3.96. The van der Waals surface area contributed by atoms with Crippen molar-refractivity contribution in [1.29, 1.82) is 0 Å². The summed E-state index contributed by atoms with van der Waals surface area (Å²) in [6.45, 7) is 8.53. The molecule has 1 aliphatic carbocycles. The second-order valence-corrected chi connectivity index (χ2v) is 5.95. The smallest absolute Gasteiger partial charge is 0.0195 e. The predicted molar refractivity (Wildman–Crippen MR) is 74.3 cm³/mol. The van der Waals surface area contributed by atoms with Gasteiger partial charge in [0.15, 0.2) is 0 Å². The topological polar surface area (TPSA) is 15.3 Å².